The van der Waals surface area contributed by atoms with Gasteiger partial charge in [0.05, 0.1) is 35.1 Å². The molecular weight excluding hydrogens is 495 g/mol. The van der Waals surface area contributed by atoms with Crippen LogP contribution in [-0.2, 0) is 39.5 Å². The Bertz CT molecular complexity index is 1710. The SMILES string of the molecule is CC[C@@]1(O)C(=O)OCc2c1cc1n(c2=O)Cc2c-1nc1cc(F)c(C)c3c1c2[C@@H](NC(=O)CN=[N+]=[N-])CC3. The van der Waals surface area contributed by atoms with Gasteiger partial charge in [-0.3, -0.25) is 9.59 Å². The van der Waals surface area contributed by atoms with Gasteiger partial charge < -0.3 is 19.7 Å². The van der Waals surface area contributed by atoms with Crippen molar-refractivity contribution in [3.63, 3.8) is 0 Å². The number of benzene rings is 1. The van der Waals surface area contributed by atoms with E-state index < -0.39 is 34.9 Å². The highest BCUT2D eigenvalue weighted by Gasteiger charge is 2.46. The maximum absolute atomic E-state index is 14.9. The van der Waals surface area contributed by atoms with Crippen molar-refractivity contribution >= 4 is 22.8 Å². The summed E-state index contributed by atoms with van der Waals surface area (Å²) in [4.78, 5) is 46.0. The number of aryl methyl sites for hydroxylation is 1. The Morgan fingerprint density at radius 2 is 2.16 bits per heavy atom. The number of rotatable bonds is 4. The molecule has 0 unspecified atom stereocenters. The lowest BCUT2D eigenvalue weighted by molar-refractivity contribution is -0.172. The molecule has 1 aromatic carbocycles. The van der Waals surface area contributed by atoms with Gasteiger partial charge in [0, 0.05) is 27.5 Å². The van der Waals surface area contributed by atoms with Crippen molar-refractivity contribution in [2.24, 2.45) is 5.11 Å². The van der Waals surface area contributed by atoms with E-state index in [-0.39, 0.29) is 37.2 Å². The summed E-state index contributed by atoms with van der Waals surface area (Å²) in [6.07, 6.45) is 0.993. The number of carbonyl (C=O) groups excluding carboxylic acids is 2. The predicted molar refractivity (Wildman–Crippen MR) is 132 cm³/mol. The molecule has 0 radical (unpaired) electrons. The van der Waals surface area contributed by atoms with Crippen LogP contribution in [0.1, 0.15) is 59.2 Å². The minimum absolute atomic E-state index is 0.0120. The van der Waals surface area contributed by atoms with Gasteiger partial charge in [0.2, 0.25) is 5.91 Å². The summed E-state index contributed by atoms with van der Waals surface area (Å²) >= 11 is 0. The fourth-order valence-corrected chi connectivity index (χ4v) is 6.03. The summed E-state index contributed by atoms with van der Waals surface area (Å²) in [6, 6.07) is 2.47. The standard InChI is InChI=1S/C26H23FN6O5/c1-3-26(37)15-6-19-23-13(9-33(19)24(35)14(15)10-38-25(26)36)22-17(30-20(34)8-29-32-28)5-4-12-11(2)16(27)7-18(31-23)21(12)22/h6-7,17,37H,3-5,8-10H2,1-2H3,(H,30,34)/t17-,26-/m0/s1. The Labute approximate surface area is 214 Å². The summed E-state index contributed by atoms with van der Waals surface area (Å²) < 4.78 is 21.6. The van der Waals surface area contributed by atoms with Crippen molar-refractivity contribution in [1.82, 2.24) is 14.9 Å². The third-order valence-corrected chi connectivity index (χ3v) is 7.99. The van der Waals surface area contributed by atoms with Gasteiger partial charge in [-0.15, -0.1) is 0 Å². The minimum Gasteiger partial charge on any atom is -0.458 e. The van der Waals surface area contributed by atoms with Crippen molar-refractivity contribution in [2.75, 3.05) is 6.54 Å². The quantitative estimate of drug-likeness (QED) is 0.183. The molecule has 0 fully saturated rings. The first-order valence-corrected chi connectivity index (χ1v) is 12.3. The van der Waals surface area contributed by atoms with Crippen LogP contribution in [0.2, 0.25) is 0 Å². The van der Waals surface area contributed by atoms with Crippen LogP contribution in [0.4, 0.5) is 4.39 Å². The number of nitrogens with one attached hydrogen (secondary N) is 1. The second-order valence-electron chi connectivity index (χ2n) is 9.86. The first kappa shape index (κ1) is 24.1. The third-order valence-electron chi connectivity index (χ3n) is 7.99. The van der Waals surface area contributed by atoms with Crippen molar-refractivity contribution in [1.29, 1.82) is 0 Å². The molecule has 4 heterocycles. The Morgan fingerprint density at radius 3 is 2.89 bits per heavy atom. The number of hydrogen-bond acceptors (Lipinski definition) is 7. The first-order chi connectivity index (χ1) is 18.2. The molecule has 2 atom stereocenters. The van der Waals surface area contributed by atoms with Crippen molar-refractivity contribution in [3.05, 3.63) is 72.1 Å². The average molecular weight is 519 g/mol. The Hall–Kier alpha value is -4.28. The van der Waals surface area contributed by atoms with Crippen LogP contribution >= 0.6 is 0 Å². The smallest absolute Gasteiger partial charge is 0.343 e. The molecule has 2 N–H and O–H groups in total. The molecule has 11 nitrogen and oxygen atoms in total. The largest absolute Gasteiger partial charge is 0.458 e. The molecule has 2 aliphatic heterocycles. The van der Waals surface area contributed by atoms with Crippen LogP contribution < -0.4 is 10.9 Å². The molecular formula is C26H23FN6O5. The van der Waals surface area contributed by atoms with Crippen molar-refractivity contribution < 1.29 is 23.8 Å². The van der Waals surface area contributed by atoms with Crippen LogP contribution in [-0.4, -0.2) is 33.1 Å². The number of pyridine rings is 2. The molecule has 6 rings (SSSR count). The summed E-state index contributed by atoms with van der Waals surface area (Å²) in [6.45, 7) is 2.86. The number of amides is 1. The molecule has 3 aliphatic rings. The molecule has 0 saturated heterocycles. The van der Waals surface area contributed by atoms with Crippen molar-refractivity contribution in [3.8, 4) is 11.4 Å². The van der Waals surface area contributed by atoms with E-state index in [1.807, 2.05) is 0 Å². The number of ether oxygens (including phenoxy) is 1. The fraction of sp³-hybridized carbons (Fsp3) is 0.385. The second kappa shape index (κ2) is 8.37. The van der Waals surface area contributed by atoms with Gasteiger partial charge in [-0.05, 0) is 54.5 Å². The monoisotopic (exact) mass is 518 g/mol. The molecule has 12 heteroatoms. The van der Waals surface area contributed by atoms with Crippen molar-refractivity contribution in [2.45, 2.75) is 57.9 Å². The topological polar surface area (TPSA) is 159 Å². The number of aliphatic hydroxyl groups is 1. The molecule has 0 saturated carbocycles. The minimum atomic E-state index is -1.97. The van der Waals surface area contributed by atoms with E-state index >= 15 is 0 Å². The number of hydrogen-bond donors (Lipinski definition) is 2. The number of aromatic nitrogens is 2. The van der Waals surface area contributed by atoms with E-state index in [1.165, 1.54) is 10.6 Å². The Kier molecular flexibility index (Phi) is 5.30. The van der Waals surface area contributed by atoms with E-state index in [0.29, 0.717) is 40.9 Å². The number of cyclic esters (lactones) is 1. The molecule has 2 aromatic heterocycles. The van der Waals surface area contributed by atoms with Crippen LogP contribution in [0.5, 0.6) is 0 Å². The van der Waals surface area contributed by atoms with E-state index in [4.69, 9.17) is 15.3 Å². The molecule has 1 amide bonds. The average Bonchev–Trinajstić information content (AvgIpc) is 3.27. The maximum atomic E-state index is 14.9. The van der Waals surface area contributed by atoms with E-state index in [0.717, 1.165) is 16.5 Å². The third kappa shape index (κ3) is 3.20. The molecule has 1 aliphatic carbocycles. The highest BCUT2D eigenvalue weighted by Crippen LogP contribution is 2.45. The summed E-state index contributed by atoms with van der Waals surface area (Å²) in [5.41, 5.74) is 10.6. The molecule has 0 bridgehead atoms. The van der Waals surface area contributed by atoms with E-state index in [2.05, 4.69) is 15.3 Å². The zero-order valence-electron chi connectivity index (χ0n) is 20.7. The van der Waals surface area contributed by atoms with E-state index in [9.17, 15) is 23.9 Å². The first-order valence-electron chi connectivity index (χ1n) is 12.3. The number of azide groups is 1. The normalized spacial score (nSPS) is 20.7. The Morgan fingerprint density at radius 1 is 1.37 bits per heavy atom. The highest BCUT2D eigenvalue weighted by molar-refractivity contribution is 5.94. The van der Waals surface area contributed by atoms with Crippen LogP contribution in [0, 0.1) is 12.7 Å². The number of carbonyl (C=O) groups is 2. The van der Waals surface area contributed by atoms with Crippen LogP contribution in [0.25, 0.3) is 32.7 Å². The zero-order chi connectivity index (χ0) is 26.9. The number of halogens is 1. The molecule has 0 spiro atoms. The molecule has 194 valence electrons. The predicted octanol–water partition coefficient (Wildman–Crippen LogP) is 2.94. The van der Waals surface area contributed by atoms with Gasteiger partial charge in [-0.1, -0.05) is 12.0 Å². The van der Waals surface area contributed by atoms with Gasteiger partial charge in [0.25, 0.3) is 5.56 Å². The zero-order valence-corrected chi connectivity index (χ0v) is 20.7. The van der Waals surface area contributed by atoms with Gasteiger partial charge in [-0.2, -0.15) is 0 Å². The van der Waals surface area contributed by atoms with E-state index in [1.54, 1.807) is 19.9 Å². The lowest BCUT2D eigenvalue weighted by atomic mass is 9.81. The molecule has 38 heavy (non-hydrogen) atoms. The number of esters is 1. The van der Waals surface area contributed by atoms with Crippen LogP contribution in [0.3, 0.4) is 0 Å². The Balaban J connectivity index is 1.62. The number of nitrogens with zero attached hydrogens (tertiary/aromatic N) is 5. The highest BCUT2D eigenvalue weighted by atomic mass is 19.1. The van der Waals surface area contributed by atoms with Gasteiger partial charge in [0.15, 0.2) is 5.60 Å². The lowest BCUT2D eigenvalue weighted by Gasteiger charge is -2.31. The fourth-order valence-electron chi connectivity index (χ4n) is 6.03. The van der Waals surface area contributed by atoms with Gasteiger partial charge >= 0.3 is 5.97 Å². The molecule has 3 aromatic rings. The van der Waals surface area contributed by atoms with Gasteiger partial charge in [-0.25, -0.2) is 14.2 Å². The second-order valence-corrected chi connectivity index (χ2v) is 9.86. The number of fused-ring (bicyclic) bond motifs is 5. The summed E-state index contributed by atoms with van der Waals surface area (Å²) in [5.74, 6) is -1.68. The van der Waals surface area contributed by atoms with Gasteiger partial charge in [0.1, 0.15) is 19.0 Å². The summed E-state index contributed by atoms with van der Waals surface area (Å²) in [7, 11) is 0. The summed E-state index contributed by atoms with van der Waals surface area (Å²) in [5, 5.41) is 18.1. The lowest BCUT2D eigenvalue weighted by Crippen LogP contribution is -2.44. The van der Waals surface area contributed by atoms with Crippen LogP contribution in [0.15, 0.2) is 22.0 Å². The maximum Gasteiger partial charge on any atom is 0.343 e.